The number of hydrogen-bond acceptors (Lipinski definition) is 4. The van der Waals surface area contributed by atoms with Crippen LogP contribution < -0.4 is 4.90 Å². The third kappa shape index (κ3) is 4.03. The zero-order valence-electron chi connectivity index (χ0n) is 17.2. The molecule has 4 rings (SSSR count). The number of anilines is 1. The molecule has 2 fully saturated rings. The first kappa shape index (κ1) is 18.9. The van der Waals surface area contributed by atoms with Crippen LogP contribution in [-0.2, 0) is 11.2 Å². The largest absolute Gasteiger partial charge is 0.353 e. The number of amides is 1. The molecule has 1 saturated carbocycles. The highest BCUT2D eigenvalue weighted by Gasteiger charge is 2.30. The molecule has 5 nitrogen and oxygen atoms in total. The first-order valence-corrected chi connectivity index (χ1v) is 10.5. The van der Waals surface area contributed by atoms with Crippen LogP contribution in [0.1, 0.15) is 60.3 Å². The van der Waals surface area contributed by atoms with E-state index in [0.717, 1.165) is 49.9 Å². The third-order valence-electron chi connectivity index (χ3n) is 5.89. The van der Waals surface area contributed by atoms with E-state index in [2.05, 4.69) is 43.0 Å². The summed E-state index contributed by atoms with van der Waals surface area (Å²) in [6.07, 6.45) is 3.83. The molecular weight excluding hydrogens is 348 g/mol. The second-order valence-electron chi connectivity index (χ2n) is 8.13. The monoisotopic (exact) mass is 378 g/mol. The average Bonchev–Trinajstić information content (AvgIpc) is 3.56. The molecule has 1 aromatic heterocycles. The first-order valence-electron chi connectivity index (χ1n) is 10.5. The fraction of sp³-hybridized carbons (Fsp3) is 0.522. The standard InChI is InChI=1S/C23H30N4O/c1-4-21(28)26-11-13-27(14-12-26)23-20(15-18-7-5-16(2)6-8-18)17(3)24-22(25-23)19-9-10-19/h5-8,19H,4,9-15H2,1-3H3. The van der Waals surface area contributed by atoms with E-state index in [1.54, 1.807) is 0 Å². The summed E-state index contributed by atoms with van der Waals surface area (Å²) < 4.78 is 0. The number of aryl methyl sites for hydroxylation is 2. The molecule has 0 spiro atoms. The molecule has 0 N–H and O–H groups in total. The van der Waals surface area contributed by atoms with Gasteiger partial charge in [0.15, 0.2) is 0 Å². The van der Waals surface area contributed by atoms with Gasteiger partial charge in [-0.1, -0.05) is 36.8 Å². The molecule has 148 valence electrons. The number of nitrogens with zero attached hydrogens (tertiary/aromatic N) is 4. The number of benzene rings is 1. The second-order valence-corrected chi connectivity index (χ2v) is 8.13. The van der Waals surface area contributed by atoms with Gasteiger partial charge in [-0.05, 0) is 32.3 Å². The molecule has 1 aromatic carbocycles. The summed E-state index contributed by atoms with van der Waals surface area (Å²) in [6, 6.07) is 8.73. The Bertz CT molecular complexity index is 850. The fourth-order valence-electron chi connectivity index (χ4n) is 3.90. The van der Waals surface area contributed by atoms with E-state index < -0.39 is 0 Å². The van der Waals surface area contributed by atoms with E-state index in [0.29, 0.717) is 12.3 Å². The molecule has 1 aliphatic heterocycles. The highest BCUT2D eigenvalue weighted by molar-refractivity contribution is 5.76. The lowest BCUT2D eigenvalue weighted by Gasteiger charge is -2.36. The number of aromatic nitrogens is 2. The van der Waals surface area contributed by atoms with E-state index in [-0.39, 0.29) is 5.91 Å². The van der Waals surface area contributed by atoms with Crippen LogP contribution in [0.4, 0.5) is 5.82 Å². The average molecular weight is 379 g/mol. The van der Waals surface area contributed by atoms with Gasteiger partial charge in [-0.2, -0.15) is 0 Å². The summed E-state index contributed by atoms with van der Waals surface area (Å²) in [6.45, 7) is 9.41. The van der Waals surface area contributed by atoms with E-state index in [4.69, 9.17) is 9.97 Å². The molecule has 2 aromatic rings. The van der Waals surface area contributed by atoms with Crippen LogP contribution in [0.3, 0.4) is 0 Å². The van der Waals surface area contributed by atoms with Crippen molar-refractivity contribution in [3.63, 3.8) is 0 Å². The summed E-state index contributed by atoms with van der Waals surface area (Å²) in [5.41, 5.74) is 4.89. The summed E-state index contributed by atoms with van der Waals surface area (Å²) >= 11 is 0. The van der Waals surface area contributed by atoms with Crippen molar-refractivity contribution in [3.8, 4) is 0 Å². The number of carbonyl (C=O) groups is 1. The van der Waals surface area contributed by atoms with Gasteiger partial charge in [0, 0.05) is 56.2 Å². The number of carbonyl (C=O) groups excluding carboxylic acids is 1. The normalized spacial score (nSPS) is 17.1. The summed E-state index contributed by atoms with van der Waals surface area (Å²) in [5.74, 6) is 2.87. The van der Waals surface area contributed by atoms with Crippen LogP contribution in [0.15, 0.2) is 24.3 Å². The molecule has 2 aliphatic rings. The van der Waals surface area contributed by atoms with Crippen molar-refractivity contribution in [1.29, 1.82) is 0 Å². The van der Waals surface area contributed by atoms with Crippen LogP contribution >= 0.6 is 0 Å². The molecule has 1 amide bonds. The van der Waals surface area contributed by atoms with Gasteiger partial charge in [0.2, 0.25) is 5.91 Å². The lowest BCUT2D eigenvalue weighted by Crippen LogP contribution is -2.49. The van der Waals surface area contributed by atoms with Gasteiger partial charge in [0.25, 0.3) is 0 Å². The summed E-state index contributed by atoms with van der Waals surface area (Å²) in [4.78, 5) is 26.3. The lowest BCUT2D eigenvalue weighted by molar-refractivity contribution is -0.131. The van der Waals surface area contributed by atoms with Crippen molar-refractivity contribution in [2.45, 2.75) is 52.4 Å². The predicted octanol–water partition coefficient (Wildman–Crippen LogP) is 3.62. The molecular formula is C23H30N4O. The maximum atomic E-state index is 12.0. The first-order chi connectivity index (χ1) is 13.5. The van der Waals surface area contributed by atoms with Gasteiger partial charge in [-0.15, -0.1) is 0 Å². The predicted molar refractivity (Wildman–Crippen MR) is 112 cm³/mol. The Morgan fingerprint density at radius 3 is 2.32 bits per heavy atom. The van der Waals surface area contributed by atoms with Gasteiger partial charge in [0.05, 0.1) is 0 Å². The smallest absolute Gasteiger partial charge is 0.222 e. The molecule has 0 bridgehead atoms. The van der Waals surface area contributed by atoms with E-state index >= 15 is 0 Å². The molecule has 2 heterocycles. The van der Waals surface area contributed by atoms with Crippen molar-refractivity contribution < 1.29 is 4.79 Å². The summed E-state index contributed by atoms with van der Waals surface area (Å²) in [5, 5.41) is 0. The maximum Gasteiger partial charge on any atom is 0.222 e. The Balaban J connectivity index is 1.62. The molecule has 0 atom stereocenters. The Kier molecular flexibility index (Phi) is 5.33. The number of piperazine rings is 1. The fourth-order valence-corrected chi connectivity index (χ4v) is 3.90. The molecule has 28 heavy (non-hydrogen) atoms. The van der Waals surface area contributed by atoms with Gasteiger partial charge >= 0.3 is 0 Å². The lowest BCUT2D eigenvalue weighted by atomic mass is 10.0. The topological polar surface area (TPSA) is 49.3 Å². The molecule has 1 saturated heterocycles. The van der Waals surface area contributed by atoms with Crippen LogP contribution in [0.5, 0.6) is 0 Å². The minimum atomic E-state index is 0.247. The van der Waals surface area contributed by atoms with E-state index in [9.17, 15) is 4.79 Å². The molecule has 1 aliphatic carbocycles. The SMILES string of the molecule is CCC(=O)N1CCN(c2nc(C3CC3)nc(C)c2Cc2ccc(C)cc2)CC1. The van der Waals surface area contributed by atoms with Gasteiger partial charge in [-0.3, -0.25) is 4.79 Å². The van der Waals surface area contributed by atoms with Crippen molar-refractivity contribution in [1.82, 2.24) is 14.9 Å². The minimum absolute atomic E-state index is 0.247. The third-order valence-corrected chi connectivity index (χ3v) is 5.89. The number of hydrogen-bond donors (Lipinski definition) is 0. The molecule has 0 unspecified atom stereocenters. The highest BCUT2D eigenvalue weighted by atomic mass is 16.2. The van der Waals surface area contributed by atoms with Crippen molar-refractivity contribution >= 4 is 11.7 Å². The Morgan fingerprint density at radius 1 is 1.04 bits per heavy atom. The summed E-state index contributed by atoms with van der Waals surface area (Å²) in [7, 11) is 0. The maximum absolute atomic E-state index is 12.0. The Morgan fingerprint density at radius 2 is 1.71 bits per heavy atom. The molecule has 0 radical (unpaired) electrons. The van der Waals surface area contributed by atoms with E-state index in [1.807, 2.05) is 11.8 Å². The minimum Gasteiger partial charge on any atom is -0.353 e. The van der Waals surface area contributed by atoms with E-state index in [1.165, 1.54) is 29.5 Å². The second kappa shape index (κ2) is 7.90. The zero-order valence-corrected chi connectivity index (χ0v) is 17.2. The number of rotatable bonds is 5. The van der Waals surface area contributed by atoms with Crippen LogP contribution in [0.25, 0.3) is 0 Å². The van der Waals surface area contributed by atoms with Crippen molar-refractivity contribution in [2.75, 3.05) is 31.1 Å². The van der Waals surface area contributed by atoms with Crippen LogP contribution in [0, 0.1) is 13.8 Å². The Hall–Kier alpha value is -2.43. The van der Waals surface area contributed by atoms with Gasteiger partial charge < -0.3 is 9.80 Å². The zero-order chi connectivity index (χ0) is 19.7. The highest BCUT2D eigenvalue weighted by Crippen LogP contribution is 2.39. The molecule has 5 heteroatoms. The van der Waals surface area contributed by atoms with Crippen LogP contribution in [-0.4, -0.2) is 47.0 Å². The van der Waals surface area contributed by atoms with Crippen molar-refractivity contribution in [3.05, 3.63) is 52.5 Å². The van der Waals surface area contributed by atoms with Crippen molar-refractivity contribution in [2.24, 2.45) is 0 Å². The van der Waals surface area contributed by atoms with Gasteiger partial charge in [-0.25, -0.2) is 9.97 Å². The van der Waals surface area contributed by atoms with Crippen LogP contribution in [0.2, 0.25) is 0 Å². The Labute approximate surface area is 167 Å². The quantitative estimate of drug-likeness (QED) is 0.797. The van der Waals surface area contributed by atoms with Gasteiger partial charge in [0.1, 0.15) is 11.6 Å².